The monoisotopic (exact) mass is 270 g/mol. The van der Waals surface area contributed by atoms with Gasteiger partial charge in [-0.15, -0.1) is 0 Å². The summed E-state index contributed by atoms with van der Waals surface area (Å²) in [6.07, 6.45) is 11.8. The van der Waals surface area contributed by atoms with Gasteiger partial charge in [-0.25, -0.2) is 0 Å². The Morgan fingerprint density at radius 3 is 2.25 bits per heavy atom. The lowest BCUT2D eigenvalue weighted by atomic mass is 9.51. The van der Waals surface area contributed by atoms with Gasteiger partial charge in [0.1, 0.15) is 0 Å². The van der Waals surface area contributed by atoms with Crippen molar-refractivity contribution in [1.82, 2.24) is 4.98 Å². The summed E-state index contributed by atoms with van der Waals surface area (Å²) < 4.78 is 0. The van der Waals surface area contributed by atoms with Gasteiger partial charge in [-0.05, 0) is 92.7 Å². The topological polar surface area (TPSA) is 38.9 Å². The molecule has 2 nitrogen and oxygen atoms in total. The summed E-state index contributed by atoms with van der Waals surface area (Å²) in [4.78, 5) is 4.69. The van der Waals surface area contributed by atoms with E-state index < -0.39 is 0 Å². The molecule has 20 heavy (non-hydrogen) atoms. The maximum absolute atomic E-state index is 5.57. The Kier molecular flexibility index (Phi) is 3.30. The third-order valence-electron chi connectivity index (χ3n) is 6.10. The Morgan fingerprint density at radius 2 is 1.70 bits per heavy atom. The van der Waals surface area contributed by atoms with Gasteiger partial charge >= 0.3 is 0 Å². The number of hydrogen-bond donors (Lipinski definition) is 1. The van der Waals surface area contributed by atoms with Crippen LogP contribution >= 0.6 is 0 Å². The van der Waals surface area contributed by atoms with E-state index >= 15 is 0 Å². The highest BCUT2D eigenvalue weighted by atomic mass is 14.7. The van der Waals surface area contributed by atoms with E-state index in [4.69, 9.17) is 10.7 Å². The van der Waals surface area contributed by atoms with Crippen LogP contribution < -0.4 is 5.73 Å². The minimum Gasteiger partial charge on any atom is -0.330 e. The molecule has 2 N–H and O–H groups in total. The first-order chi connectivity index (χ1) is 9.83. The Morgan fingerprint density at radius 1 is 1.00 bits per heavy atom. The molecule has 0 aliphatic heterocycles. The van der Waals surface area contributed by atoms with Crippen LogP contribution in [-0.4, -0.2) is 11.5 Å². The highest BCUT2D eigenvalue weighted by Crippen LogP contribution is 2.59. The average Bonchev–Trinajstić information content (AvgIpc) is 2.45. The number of rotatable bonds is 4. The lowest BCUT2D eigenvalue weighted by molar-refractivity contribution is -0.00289. The predicted octanol–water partition coefficient (Wildman–Crippen LogP) is 3.51. The van der Waals surface area contributed by atoms with Crippen molar-refractivity contribution in [3.05, 3.63) is 29.6 Å². The molecule has 2 heteroatoms. The molecule has 0 unspecified atom stereocenters. The molecule has 1 aromatic rings. The van der Waals surface area contributed by atoms with E-state index in [0.29, 0.717) is 0 Å². The Bertz CT molecular complexity index is 437. The summed E-state index contributed by atoms with van der Waals surface area (Å²) in [7, 11) is 0. The molecule has 0 spiro atoms. The van der Waals surface area contributed by atoms with Gasteiger partial charge in [0.15, 0.2) is 0 Å². The van der Waals surface area contributed by atoms with Gasteiger partial charge in [-0.1, -0.05) is 6.07 Å². The molecule has 0 radical (unpaired) electrons. The van der Waals surface area contributed by atoms with Crippen LogP contribution in [0.4, 0.5) is 0 Å². The highest BCUT2D eigenvalue weighted by molar-refractivity contribution is 5.23. The fraction of sp³-hybridized carbons (Fsp3) is 0.722. The summed E-state index contributed by atoms with van der Waals surface area (Å²) in [5, 5.41) is 0. The summed E-state index contributed by atoms with van der Waals surface area (Å²) in [6, 6.07) is 4.61. The van der Waals surface area contributed by atoms with Crippen LogP contribution in [0.15, 0.2) is 18.3 Å². The van der Waals surface area contributed by atoms with E-state index in [0.717, 1.165) is 49.0 Å². The highest BCUT2D eigenvalue weighted by Gasteiger charge is 2.48. The molecular weight excluding hydrogens is 244 g/mol. The van der Waals surface area contributed by atoms with Crippen molar-refractivity contribution >= 4 is 0 Å². The molecule has 0 atom stereocenters. The summed E-state index contributed by atoms with van der Waals surface area (Å²) >= 11 is 0. The van der Waals surface area contributed by atoms with Crippen LogP contribution in [0.3, 0.4) is 0 Å². The normalized spacial score (nSPS) is 38.4. The van der Waals surface area contributed by atoms with Gasteiger partial charge in [0, 0.05) is 11.9 Å². The number of hydrogen-bond acceptors (Lipinski definition) is 2. The van der Waals surface area contributed by atoms with E-state index in [-0.39, 0.29) is 0 Å². The molecule has 0 amide bonds. The Labute approximate surface area is 122 Å². The number of pyridine rings is 1. The first kappa shape index (κ1) is 12.8. The van der Waals surface area contributed by atoms with E-state index in [1.165, 1.54) is 43.4 Å². The van der Waals surface area contributed by atoms with Gasteiger partial charge < -0.3 is 5.73 Å². The number of aryl methyl sites for hydroxylation is 1. The molecule has 4 saturated carbocycles. The molecule has 1 heterocycles. The summed E-state index contributed by atoms with van der Waals surface area (Å²) in [5.74, 6) is 4.86. The second kappa shape index (κ2) is 5.14. The number of aromatic nitrogens is 1. The molecule has 5 rings (SSSR count). The summed E-state index contributed by atoms with van der Waals surface area (Å²) in [5.41, 5.74) is 8.31. The third kappa shape index (κ3) is 2.18. The van der Waals surface area contributed by atoms with Crippen molar-refractivity contribution in [3.8, 4) is 0 Å². The first-order valence-corrected chi connectivity index (χ1v) is 8.48. The van der Waals surface area contributed by atoms with Crippen molar-refractivity contribution < 1.29 is 0 Å². The average molecular weight is 270 g/mol. The minimum absolute atomic E-state index is 0.763. The van der Waals surface area contributed by atoms with Crippen molar-refractivity contribution in [2.45, 2.75) is 50.9 Å². The summed E-state index contributed by atoms with van der Waals surface area (Å²) in [6.45, 7) is 0.763. The van der Waals surface area contributed by atoms with Crippen LogP contribution in [-0.2, 0) is 6.42 Å². The van der Waals surface area contributed by atoms with Gasteiger partial charge in [0.05, 0.1) is 0 Å². The fourth-order valence-corrected chi connectivity index (χ4v) is 5.53. The zero-order chi connectivity index (χ0) is 13.5. The number of nitrogens with zero attached hydrogens (tertiary/aromatic N) is 1. The maximum atomic E-state index is 5.57. The van der Waals surface area contributed by atoms with E-state index in [1.54, 1.807) is 0 Å². The van der Waals surface area contributed by atoms with Crippen LogP contribution in [0.5, 0.6) is 0 Å². The van der Waals surface area contributed by atoms with Crippen molar-refractivity contribution in [3.63, 3.8) is 0 Å². The van der Waals surface area contributed by atoms with E-state index in [1.807, 2.05) is 0 Å². The zero-order valence-corrected chi connectivity index (χ0v) is 12.3. The predicted molar refractivity (Wildman–Crippen MR) is 81.4 cm³/mol. The molecule has 4 aliphatic carbocycles. The van der Waals surface area contributed by atoms with E-state index in [2.05, 4.69) is 18.3 Å². The van der Waals surface area contributed by atoms with Gasteiger partial charge in [-0.2, -0.15) is 0 Å². The zero-order valence-electron chi connectivity index (χ0n) is 12.3. The van der Waals surface area contributed by atoms with Crippen LogP contribution in [0.1, 0.15) is 55.7 Å². The number of nitrogens with two attached hydrogens (primary N) is 1. The molecule has 1 aromatic heterocycles. The van der Waals surface area contributed by atoms with Crippen LogP contribution in [0.2, 0.25) is 0 Å². The van der Waals surface area contributed by atoms with Gasteiger partial charge in [-0.3, -0.25) is 4.98 Å². The quantitative estimate of drug-likeness (QED) is 0.909. The molecule has 0 saturated heterocycles. The molecule has 0 aromatic carbocycles. The molecule has 4 aliphatic rings. The van der Waals surface area contributed by atoms with Crippen LogP contribution in [0.25, 0.3) is 0 Å². The lowest BCUT2D eigenvalue weighted by Crippen LogP contribution is -2.43. The maximum Gasteiger partial charge on any atom is 0.0404 e. The second-order valence-corrected chi connectivity index (χ2v) is 7.43. The minimum atomic E-state index is 0.763. The van der Waals surface area contributed by atoms with E-state index in [9.17, 15) is 0 Å². The fourth-order valence-electron chi connectivity index (χ4n) is 5.53. The van der Waals surface area contributed by atoms with Gasteiger partial charge in [0.25, 0.3) is 0 Å². The second-order valence-electron chi connectivity index (χ2n) is 7.43. The van der Waals surface area contributed by atoms with Crippen molar-refractivity contribution in [2.24, 2.45) is 29.4 Å². The lowest BCUT2D eigenvalue weighted by Gasteiger charge is -2.54. The van der Waals surface area contributed by atoms with Crippen LogP contribution in [0, 0.1) is 23.7 Å². The molecule has 4 bridgehead atoms. The van der Waals surface area contributed by atoms with Crippen molar-refractivity contribution in [2.75, 3.05) is 6.54 Å². The third-order valence-corrected chi connectivity index (χ3v) is 6.10. The Balaban J connectivity index is 1.52. The van der Waals surface area contributed by atoms with Crippen molar-refractivity contribution in [1.29, 1.82) is 0 Å². The standard InChI is InChI=1S/C18H26N2/c19-5-1-2-17-4-3-14(11-20-17)18-15-7-12-6-13(9-15)10-16(18)8-12/h3-4,11-13,15-16,18H,1-2,5-10,19H2. The smallest absolute Gasteiger partial charge is 0.0404 e. The Hall–Kier alpha value is -0.890. The SMILES string of the molecule is NCCCc1ccc(C2C3CC4CC(C3)CC2C4)cn1. The molecule has 4 fully saturated rings. The van der Waals surface area contributed by atoms with Gasteiger partial charge in [0.2, 0.25) is 0 Å². The molecule has 108 valence electrons. The first-order valence-electron chi connectivity index (χ1n) is 8.48. The largest absolute Gasteiger partial charge is 0.330 e. The molecular formula is C18H26N2.